The van der Waals surface area contributed by atoms with Gasteiger partial charge in [0.15, 0.2) is 0 Å². The lowest BCUT2D eigenvalue weighted by Gasteiger charge is -2.41. The van der Waals surface area contributed by atoms with Crippen molar-refractivity contribution in [2.45, 2.75) is 38.5 Å². The Labute approximate surface area is 156 Å². The van der Waals surface area contributed by atoms with Crippen LogP contribution in [-0.2, 0) is 4.62 Å². The Balaban J connectivity index is 1.52. The van der Waals surface area contributed by atoms with Gasteiger partial charge in [0.1, 0.15) is 5.69 Å². The number of fused-ring (bicyclic) bond motifs is 1. The zero-order valence-corrected chi connectivity index (χ0v) is 16.3. The Kier molecular flexibility index (Phi) is 4.77. The highest BCUT2D eigenvalue weighted by Crippen LogP contribution is 2.71. The molecule has 3 saturated heterocycles. The molecular formula is C18H30N6OP+. The monoisotopic (exact) mass is 377 g/mol. The van der Waals surface area contributed by atoms with E-state index in [2.05, 4.69) is 49.2 Å². The summed E-state index contributed by atoms with van der Waals surface area (Å²) in [6, 6.07) is 8.34. The number of hydrogen-bond donors (Lipinski definition) is 2. The highest BCUT2D eigenvalue weighted by Gasteiger charge is 2.63. The summed E-state index contributed by atoms with van der Waals surface area (Å²) in [5.41, 5.74) is 8.67. The number of nitrogens with one attached hydrogen (secondary N) is 2. The lowest BCUT2D eigenvalue weighted by Crippen LogP contribution is -2.48. The molecule has 3 fully saturated rings. The maximum absolute atomic E-state index is 7.03. The zero-order chi connectivity index (χ0) is 17.4. The van der Waals surface area contributed by atoms with Crippen LogP contribution < -0.4 is 16.1 Å². The van der Waals surface area contributed by atoms with Crippen molar-refractivity contribution in [3.05, 3.63) is 24.3 Å². The van der Waals surface area contributed by atoms with E-state index in [4.69, 9.17) is 4.62 Å². The summed E-state index contributed by atoms with van der Waals surface area (Å²) in [4.78, 5) is 0. The minimum absolute atomic E-state index is 1.08. The molecule has 0 radical (unpaired) electrons. The van der Waals surface area contributed by atoms with E-state index < -0.39 is 7.94 Å². The van der Waals surface area contributed by atoms with E-state index in [1.807, 2.05) is 5.17 Å². The molecule has 0 atom stereocenters. The second-order valence-electron chi connectivity index (χ2n) is 7.63. The highest BCUT2D eigenvalue weighted by atomic mass is 31.2. The van der Waals surface area contributed by atoms with Gasteiger partial charge in [-0.2, -0.15) is 0 Å². The maximum atomic E-state index is 7.03. The van der Waals surface area contributed by atoms with Crippen molar-refractivity contribution in [3.63, 3.8) is 0 Å². The molecule has 7 nitrogen and oxygen atoms in total. The van der Waals surface area contributed by atoms with E-state index in [0.29, 0.717) is 0 Å². The Hall–Kier alpha value is -0.950. The molecule has 4 aliphatic heterocycles. The maximum Gasteiger partial charge on any atom is 0.404 e. The van der Waals surface area contributed by atoms with E-state index in [-0.39, 0.29) is 0 Å². The van der Waals surface area contributed by atoms with E-state index in [9.17, 15) is 0 Å². The summed E-state index contributed by atoms with van der Waals surface area (Å²) < 4.78 is 15.1. The Morgan fingerprint density at radius 1 is 0.731 bits per heavy atom. The standard InChI is InChI=1S/C18H30N6OP/c1-2-10-18-17(9-1)19-20-24(18)25-26(21-11-3-4-12-21,22-13-5-6-14-22)23-15-7-8-16-23/h1-2,9-10,19-20H,3-8,11-16H2/q+1. The smallest absolute Gasteiger partial charge is 0.300 e. The molecule has 2 N–H and O–H groups in total. The van der Waals surface area contributed by atoms with Crippen molar-refractivity contribution in [1.29, 1.82) is 0 Å². The molecular weight excluding hydrogens is 347 g/mol. The van der Waals surface area contributed by atoms with Gasteiger partial charge in [-0.1, -0.05) is 12.1 Å². The fourth-order valence-electron chi connectivity index (χ4n) is 4.68. The third kappa shape index (κ3) is 2.82. The van der Waals surface area contributed by atoms with Gasteiger partial charge in [0.25, 0.3) is 0 Å². The largest absolute Gasteiger partial charge is 0.404 e. The first-order chi connectivity index (χ1) is 12.9. The van der Waals surface area contributed by atoms with Crippen LogP contribution in [0, 0.1) is 0 Å². The van der Waals surface area contributed by atoms with Crippen LogP contribution in [0.2, 0.25) is 0 Å². The van der Waals surface area contributed by atoms with Gasteiger partial charge in [0.2, 0.25) is 0 Å². The van der Waals surface area contributed by atoms with Crippen molar-refractivity contribution in [2.75, 3.05) is 49.9 Å². The predicted octanol–water partition coefficient (Wildman–Crippen LogP) is 3.23. The number of benzene rings is 1. The molecule has 0 aliphatic carbocycles. The van der Waals surface area contributed by atoms with Gasteiger partial charge in [0, 0.05) is 39.3 Å². The molecule has 0 unspecified atom stereocenters. The van der Waals surface area contributed by atoms with Crippen LogP contribution in [0.3, 0.4) is 0 Å². The van der Waals surface area contributed by atoms with Gasteiger partial charge in [-0.15, -0.1) is 24.7 Å². The lowest BCUT2D eigenvalue weighted by molar-refractivity contribution is 0.177. The molecule has 1 aromatic carbocycles. The molecule has 0 aromatic heterocycles. The number of para-hydroxylation sites is 2. The van der Waals surface area contributed by atoms with Gasteiger partial charge in [-0.05, 0) is 55.3 Å². The Morgan fingerprint density at radius 2 is 1.23 bits per heavy atom. The first kappa shape index (κ1) is 17.2. The van der Waals surface area contributed by atoms with E-state index >= 15 is 0 Å². The third-order valence-corrected chi connectivity index (χ3v) is 9.75. The van der Waals surface area contributed by atoms with Crippen LogP contribution in [0.25, 0.3) is 0 Å². The predicted molar refractivity (Wildman–Crippen MR) is 106 cm³/mol. The molecule has 0 amide bonds. The highest BCUT2D eigenvalue weighted by molar-refractivity contribution is 7.64. The van der Waals surface area contributed by atoms with Crippen LogP contribution in [0.1, 0.15) is 38.5 Å². The normalized spacial score (nSPS) is 25.2. The van der Waals surface area contributed by atoms with Gasteiger partial charge >= 0.3 is 7.94 Å². The van der Waals surface area contributed by atoms with E-state index in [1.54, 1.807) is 0 Å². The molecule has 0 saturated carbocycles. The minimum atomic E-state index is -2.02. The van der Waals surface area contributed by atoms with Gasteiger partial charge in [0.05, 0.1) is 5.69 Å². The van der Waals surface area contributed by atoms with Gasteiger partial charge in [-0.3, -0.25) is 5.43 Å². The molecule has 1 aromatic rings. The second kappa shape index (κ2) is 7.23. The fraction of sp³-hybridized carbons (Fsp3) is 0.667. The molecule has 0 spiro atoms. The molecule has 5 rings (SSSR count). The summed E-state index contributed by atoms with van der Waals surface area (Å²) in [6.45, 7) is 6.94. The minimum Gasteiger partial charge on any atom is -0.300 e. The van der Waals surface area contributed by atoms with Crippen LogP contribution in [0.4, 0.5) is 11.4 Å². The lowest BCUT2D eigenvalue weighted by atomic mass is 10.3. The number of rotatable bonds is 5. The molecule has 0 bridgehead atoms. The van der Waals surface area contributed by atoms with E-state index in [0.717, 1.165) is 50.6 Å². The molecule has 4 heterocycles. The number of anilines is 2. The van der Waals surface area contributed by atoms with Gasteiger partial charge in [-0.25, -0.2) is 0 Å². The first-order valence-electron chi connectivity index (χ1n) is 10.1. The first-order valence-corrected chi connectivity index (χ1v) is 11.7. The summed E-state index contributed by atoms with van der Waals surface area (Å²) >= 11 is 0. The number of nitrogens with zero attached hydrogens (tertiary/aromatic N) is 4. The van der Waals surface area contributed by atoms with Crippen molar-refractivity contribution >= 4 is 19.3 Å². The van der Waals surface area contributed by atoms with Gasteiger partial charge < -0.3 is 0 Å². The van der Waals surface area contributed by atoms with Crippen molar-refractivity contribution in [1.82, 2.24) is 19.5 Å². The van der Waals surface area contributed by atoms with Crippen LogP contribution >= 0.6 is 7.94 Å². The number of hydrogen-bond acceptors (Lipinski definition) is 7. The average molecular weight is 377 g/mol. The zero-order valence-electron chi connectivity index (χ0n) is 15.4. The second-order valence-corrected chi connectivity index (χ2v) is 10.5. The fourth-order valence-corrected chi connectivity index (χ4v) is 8.82. The SMILES string of the molecule is c1ccc2c(c1)NNN2O[P+](N1CCCC1)(N1CCCC1)N1CCCC1. The topological polar surface area (TPSA) is 46.3 Å². The molecule has 142 valence electrons. The molecule has 8 heteroatoms. The summed E-state index contributed by atoms with van der Waals surface area (Å²) in [6.07, 6.45) is 7.72. The summed E-state index contributed by atoms with van der Waals surface area (Å²) in [5.74, 6) is 0. The molecule has 4 aliphatic rings. The summed E-state index contributed by atoms with van der Waals surface area (Å²) in [7, 11) is -2.02. The van der Waals surface area contributed by atoms with Crippen molar-refractivity contribution < 1.29 is 4.62 Å². The van der Waals surface area contributed by atoms with Crippen LogP contribution in [-0.4, -0.2) is 53.3 Å². The third-order valence-electron chi connectivity index (χ3n) is 5.96. The van der Waals surface area contributed by atoms with E-state index in [1.165, 1.54) is 38.5 Å². The quantitative estimate of drug-likeness (QED) is 0.764. The molecule has 26 heavy (non-hydrogen) atoms. The van der Waals surface area contributed by atoms with Crippen LogP contribution in [0.5, 0.6) is 0 Å². The average Bonchev–Trinajstić information content (AvgIpc) is 3.49. The summed E-state index contributed by atoms with van der Waals surface area (Å²) in [5, 5.41) is 1.90. The van der Waals surface area contributed by atoms with Crippen molar-refractivity contribution in [2.24, 2.45) is 0 Å². The Bertz CT molecular complexity index is 587. The Morgan fingerprint density at radius 3 is 1.77 bits per heavy atom. The van der Waals surface area contributed by atoms with Crippen molar-refractivity contribution in [3.8, 4) is 0 Å². The number of hydrazine groups is 2. The van der Waals surface area contributed by atoms with Crippen LogP contribution in [0.15, 0.2) is 24.3 Å².